The standard InChI is InChI=1S/C16H14FN3O2/c1-9-4-12-14(5-13(9)17)18-8-20(16(12)21)7-11-6-19-22-15(11)10-2-3-10/h4-6,8,10H,2-3,7H2,1H3. The first-order valence-electron chi connectivity index (χ1n) is 7.22. The number of aromatic nitrogens is 3. The predicted octanol–water partition coefficient (Wildman–Crippen LogP) is 2.76. The fourth-order valence-corrected chi connectivity index (χ4v) is 2.65. The van der Waals surface area contributed by atoms with Crippen LogP contribution < -0.4 is 5.56 Å². The lowest BCUT2D eigenvalue weighted by Gasteiger charge is -2.07. The van der Waals surface area contributed by atoms with E-state index in [1.54, 1.807) is 19.2 Å². The van der Waals surface area contributed by atoms with E-state index in [2.05, 4.69) is 10.1 Å². The average Bonchev–Trinajstić information content (AvgIpc) is 3.24. The Morgan fingerprint density at radius 1 is 1.41 bits per heavy atom. The number of rotatable bonds is 3. The molecule has 0 unspecified atom stereocenters. The van der Waals surface area contributed by atoms with Crippen LogP contribution >= 0.6 is 0 Å². The van der Waals surface area contributed by atoms with Crippen LogP contribution in [0, 0.1) is 12.7 Å². The van der Waals surface area contributed by atoms with E-state index in [4.69, 9.17) is 4.52 Å². The molecule has 2 heterocycles. The van der Waals surface area contributed by atoms with Gasteiger partial charge in [-0.25, -0.2) is 9.37 Å². The highest BCUT2D eigenvalue weighted by molar-refractivity contribution is 5.78. The van der Waals surface area contributed by atoms with Crippen LogP contribution in [0.2, 0.25) is 0 Å². The van der Waals surface area contributed by atoms with E-state index in [1.807, 2.05) is 0 Å². The molecule has 1 aliphatic rings. The Labute approximate surface area is 125 Å². The van der Waals surface area contributed by atoms with Crippen molar-refractivity contribution >= 4 is 10.9 Å². The number of halogens is 1. The maximum atomic E-state index is 13.6. The second-order valence-corrected chi connectivity index (χ2v) is 5.79. The number of nitrogens with zero attached hydrogens (tertiary/aromatic N) is 3. The van der Waals surface area contributed by atoms with Gasteiger partial charge in [0.25, 0.3) is 5.56 Å². The zero-order chi connectivity index (χ0) is 15.3. The molecular formula is C16H14FN3O2. The van der Waals surface area contributed by atoms with Crippen molar-refractivity contribution in [1.29, 1.82) is 0 Å². The second kappa shape index (κ2) is 4.76. The molecular weight excluding hydrogens is 285 g/mol. The van der Waals surface area contributed by atoms with Gasteiger partial charge in [-0.3, -0.25) is 9.36 Å². The van der Waals surface area contributed by atoms with Gasteiger partial charge in [-0.2, -0.15) is 0 Å². The van der Waals surface area contributed by atoms with Crippen molar-refractivity contribution in [2.45, 2.75) is 32.2 Å². The van der Waals surface area contributed by atoms with Crippen molar-refractivity contribution in [2.24, 2.45) is 0 Å². The minimum Gasteiger partial charge on any atom is -0.361 e. The molecule has 0 radical (unpaired) electrons. The summed E-state index contributed by atoms with van der Waals surface area (Å²) in [6.45, 7) is 2.00. The van der Waals surface area contributed by atoms with Crippen LogP contribution in [0.3, 0.4) is 0 Å². The first-order valence-corrected chi connectivity index (χ1v) is 7.22. The molecule has 2 aromatic heterocycles. The third-order valence-electron chi connectivity index (χ3n) is 4.07. The van der Waals surface area contributed by atoms with Crippen molar-refractivity contribution in [3.8, 4) is 0 Å². The zero-order valence-electron chi connectivity index (χ0n) is 12.0. The molecule has 0 aliphatic heterocycles. The highest BCUT2D eigenvalue weighted by Gasteiger charge is 2.30. The van der Waals surface area contributed by atoms with E-state index in [0.29, 0.717) is 28.9 Å². The Kier molecular flexibility index (Phi) is 2.85. The van der Waals surface area contributed by atoms with E-state index < -0.39 is 0 Å². The molecule has 1 aromatic carbocycles. The lowest BCUT2D eigenvalue weighted by atomic mass is 10.1. The molecule has 0 N–H and O–H groups in total. The first-order chi connectivity index (χ1) is 10.6. The molecule has 1 saturated carbocycles. The van der Waals surface area contributed by atoms with Crippen LogP contribution in [0.1, 0.15) is 35.6 Å². The van der Waals surface area contributed by atoms with Crippen LogP contribution in [0.15, 0.2) is 34.0 Å². The van der Waals surface area contributed by atoms with E-state index in [0.717, 1.165) is 24.2 Å². The Morgan fingerprint density at radius 3 is 3.00 bits per heavy atom. The number of fused-ring (bicyclic) bond motifs is 1. The van der Waals surface area contributed by atoms with Crippen LogP contribution in [0.25, 0.3) is 10.9 Å². The smallest absolute Gasteiger partial charge is 0.261 e. The van der Waals surface area contributed by atoms with E-state index in [1.165, 1.54) is 17.0 Å². The number of hydrogen-bond acceptors (Lipinski definition) is 4. The van der Waals surface area contributed by atoms with Gasteiger partial charge in [0.15, 0.2) is 0 Å². The Hall–Kier alpha value is -2.50. The molecule has 5 nitrogen and oxygen atoms in total. The van der Waals surface area contributed by atoms with Crippen LogP contribution in [0.5, 0.6) is 0 Å². The van der Waals surface area contributed by atoms with Gasteiger partial charge in [0.05, 0.1) is 30.0 Å². The lowest BCUT2D eigenvalue weighted by Crippen LogP contribution is -2.21. The fraction of sp³-hybridized carbons (Fsp3) is 0.312. The van der Waals surface area contributed by atoms with Gasteiger partial charge < -0.3 is 4.52 Å². The SMILES string of the molecule is Cc1cc2c(=O)n(Cc3cnoc3C3CC3)cnc2cc1F. The Bertz CT molecular complexity index is 925. The maximum absolute atomic E-state index is 13.6. The summed E-state index contributed by atoms with van der Waals surface area (Å²) in [6, 6.07) is 2.84. The quantitative estimate of drug-likeness (QED) is 0.746. The summed E-state index contributed by atoms with van der Waals surface area (Å²) in [5, 5.41) is 4.26. The monoisotopic (exact) mass is 299 g/mol. The summed E-state index contributed by atoms with van der Waals surface area (Å²) in [4.78, 5) is 16.8. The highest BCUT2D eigenvalue weighted by Crippen LogP contribution is 2.41. The Morgan fingerprint density at radius 2 is 2.23 bits per heavy atom. The van der Waals surface area contributed by atoms with Crippen molar-refractivity contribution in [2.75, 3.05) is 0 Å². The first kappa shape index (κ1) is 13.2. The van der Waals surface area contributed by atoms with Gasteiger partial charge in [-0.05, 0) is 31.4 Å². The number of hydrogen-bond donors (Lipinski definition) is 0. The van der Waals surface area contributed by atoms with Crippen LogP contribution in [0.4, 0.5) is 4.39 Å². The normalized spacial score (nSPS) is 14.6. The largest absolute Gasteiger partial charge is 0.361 e. The Balaban J connectivity index is 1.78. The maximum Gasteiger partial charge on any atom is 0.261 e. The molecule has 3 aromatic rings. The van der Waals surface area contributed by atoms with Gasteiger partial charge in [0.2, 0.25) is 0 Å². The molecule has 1 aliphatic carbocycles. The van der Waals surface area contributed by atoms with E-state index >= 15 is 0 Å². The molecule has 0 bridgehead atoms. The van der Waals surface area contributed by atoms with Gasteiger partial charge in [0.1, 0.15) is 11.6 Å². The highest BCUT2D eigenvalue weighted by atomic mass is 19.1. The predicted molar refractivity (Wildman–Crippen MR) is 78.3 cm³/mol. The minimum atomic E-state index is -0.354. The summed E-state index contributed by atoms with van der Waals surface area (Å²) in [5.74, 6) is 0.937. The third-order valence-corrected chi connectivity index (χ3v) is 4.07. The van der Waals surface area contributed by atoms with Crippen LogP contribution in [-0.2, 0) is 6.54 Å². The van der Waals surface area contributed by atoms with Crippen LogP contribution in [-0.4, -0.2) is 14.7 Å². The molecule has 4 rings (SSSR count). The summed E-state index contributed by atoms with van der Waals surface area (Å²) < 4.78 is 20.4. The molecule has 22 heavy (non-hydrogen) atoms. The average molecular weight is 299 g/mol. The third kappa shape index (κ3) is 2.11. The summed E-state index contributed by atoms with van der Waals surface area (Å²) >= 11 is 0. The van der Waals surface area contributed by atoms with Gasteiger partial charge in [0, 0.05) is 17.5 Å². The van der Waals surface area contributed by atoms with Gasteiger partial charge in [-0.1, -0.05) is 5.16 Å². The van der Waals surface area contributed by atoms with Gasteiger partial charge in [-0.15, -0.1) is 0 Å². The number of aryl methyl sites for hydroxylation is 1. The van der Waals surface area contributed by atoms with E-state index in [9.17, 15) is 9.18 Å². The molecule has 6 heteroatoms. The van der Waals surface area contributed by atoms with Crippen molar-refractivity contribution < 1.29 is 8.91 Å². The molecule has 0 spiro atoms. The summed E-state index contributed by atoms with van der Waals surface area (Å²) in [5.41, 5.74) is 1.53. The van der Waals surface area contributed by atoms with Gasteiger partial charge >= 0.3 is 0 Å². The fourth-order valence-electron chi connectivity index (χ4n) is 2.65. The zero-order valence-corrected chi connectivity index (χ0v) is 12.0. The lowest BCUT2D eigenvalue weighted by molar-refractivity contribution is 0.382. The molecule has 1 fully saturated rings. The molecule has 0 atom stereocenters. The van der Waals surface area contributed by atoms with Crippen molar-refractivity contribution in [1.82, 2.24) is 14.7 Å². The summed E-state index contributed by atoms with van der Waals surface area (Å²) in [6.07, 6.45) is 5.31. The molecule has 112 valence electrons. The molecule has 0 saturated heterocycles. The molecule has 0 amide bonds. The topological polar surface area (TPSA) is 60.9 Å². The van der Waals surface area contributed by atoms with E-state index in [-0.39, 0.29) is 11.4 Å². The van der Waals surface area contributed by atoms with Crippen molar-refractivity contribution in [3.05, 3.63) is 57.7 Å². The summed E-state index contributed by atoms with van der Waals surface area (Å²) in [7, 11) is 0. The second-order valence-electron chi connectivity index (χ2n) is 5.79. The van der Waals surface area contributed by atoms with Crippen molar-refractivity contribution in [3.63, 3.8) is 0 Å². The number of benzene rings is 1. The minimum absolute atomic E-state index is 0.184.